The molecule has 1 atom stereocenters. The Bertz CT molecular complexity index is 302. The normalized spacial score (nSPS) is 37.5. The van der Waals surface area contributed by atoms with Gasteiger partial charge in [0, 0.05) is 6.42 Å². The molecule has 1 saturated heterocycles. The fourth-order valence-corrected chi connectivity index (χ4v) is 4.06. The summed E-state index contributed by atoms with van der Waals surface area (Å²) in [5, 5.41) is 0. The summed E-state index contributed by atoms with van der Waals surface area (Å²) in [7, 11) is 0. The molecule has 2 spiro atoms. The standard InChI is InChI=1S/C15H24O2/c16-13-9-5-4-8-12-15(13)14(17-15)10-6-2-1-3-7-11-14/h1-12H2. The summed E-state index contributed by atoms with van der Waals surface area (Å²) in [6.45, 7) is 0. The van der Waals surface area contributed by atoms with E-state index in [1.165, 1.54) is 44.9 Å². The maximum Gasteiger partial charge on any atom is 0.167 e. The third kappa shape index (κ3) is 1.85. The maximum absolute atomic E-state index is 12.3. The Labute approximate surface area is 104 Å². The summed E-state index contributed by atoms with van der Waals surface area (Å²) >= 11 is 0. The Morgan fingerprint density at radius 2 is 1.35 bits per heavy atom. The van der Waals surface area contributed by atoms with Gasteiger partial charge in [-0.25, -0.2) is 0 Å². The predicted molar refractivity (Wildman–Crippen MR) is 67.0 cm³/mol. The van der Waals surface area contributed by atoms with Gasteiger partial charge in [-0.05, 0) is 32.1 Å². The summed E-state index contributed by atoms with van der Waals surface area (Å²) < 4.78 is 6.15. The van der Waals surface area contributed by atoms with Crippen LogP contribution in [-0.2, 0) is 9.53 Å². The Morgan fingerprint density at radius 3 is 2.12 bits per heavy atom. The number of epoxide rings is 1. The van der Waals surface area contributed by atoms with Gasteiger partial charge in [-0.3, -0.25) is 4.79 Å². The predicted octanol–water partition coefficient (Wildman–Crippen LogP) is 3.77. The lowest BCUT2D eigenvalue weighted by molar-refractivity contribution is -0.124. The lowest BCUT2D eigenvalue weighted by Crippen LogP contribution is -2.34. The van der Waals surface area contributed by atoms with Crippen molar-refractivity contribution in [3.8, 4) is 0 Å². The first-order valence-electron chi connectivity index (χ1n) is 7.53. The molecule has 2 nitrogen and oxygen atoms in total. The molecule has 2 heteroatoms. The number of Topliss-reactive ketones (excluding diaryl/α,β-unsaturated/α-hetero) is 1. The average Bonchev–Trinajstić information content (AvgIpc) is 2.97. The molecule has 3 rings (SSSR count). The highest BCUT2D eigenvalue weighted by atomic mass is 16.6. The van der Waals surface area contributed by atoms with Crippen LogP contribution in [0.5, 0.6) is 0 Å². The van der Waals surface area contributed by atoms with Crippen molar-refractivity contribution in [3.63, 3.8) is 0 Å². The van der Waals surface area contributed by atoms with E-state index in [-0.39, 0.29) is 11.2 Å². The molecule has 0 N–H and O–H groups in total. The third-order valence-corrected chi connectivity index (χ3v) is 5.11. The average molecular weight is 236 g/mol. The van der Waals surface area contributed by atoms with E-state index in [0.717, 1.165) is 32.1 Å². The van der Waals surface area contributed by atoms with Gasteiger partial charge in [-0.15, -0.1) is 0 Å². The molecule has 0 aromatic heterocycles. The van der Waals surface area contributed by atoms with Crippen LogP contribution in [0.25, 0.3) is 0 Å². The van der Waals surface area contributed by atoms with Crippen molar-refractivity contribution >= 4 is 5.78 Å². The molecule has 0 radical (unpaired) electrons. The second-order valence-corrected chi connectivity index (χ2v) is 6.17. The fourth-order valence-electron chi connectivity index (χ4n) is 4.06. The van der Waals surface area contributed by atoms with Crippen molar-refractivity contribution in [3.05, 3.63) is 0 Å². The number of hydrogen-bond acceptors (Lipinski definition) is 2. The van der Waals surface area contributed by atoms with Crippen LogP contribution in [0.1, 0.15) is 77.0 Å². The molecule has 0 aromatic carbocycles. The summed E-state index contributed by atoms with van der Waals surface area (Å²) in [5.41, 5.74) is -0.338. The van der Waals surface area contributed by atoms with Crippen molar-refractivity contribution in [2.75, 3.05) is 0 Å². The lowest BCUT2D eigenvalue weighted by atomic mass is 9.78. The number of hydrogen-bond donors (Lipinski definition) is 0. The van der Waals surface area contributed by atoms with E-state index < -0.39 is 0 Å². The minimum absolute atomic E-state index is 0.0190. The van der Waals surface area contributed by atoms with Crippen molar-refractivity contribution in [2.24, 2.45) is 0 Å². The molecule has 0 amide bonds. The molecular weight excluding hydrogens is 212 g/mol. The second-order valence-electron chi connectivity index (χ2n) is 6.17. The molecule has 1 unspecified atom stereocenters. The zero-order chi connectivity index (χ0) is 11.8. The van der Waals surface area contributed by atoms with Crippen molar-refractivity contribution < 1.29 is 9.53 Å². The molecular formula is C15H24O2. The van der Waals surface area contributed by atoms with E-state index in [1.807, 2.05) is 0 Å². The first kappa shape index (κ1) is 11.7. The number of ether oxygens (including phenoxy) is 1. The smallest absolute Gasteiger partial charge is 0.167 e. The van der Waals surface area contributed by atoms with E-state index in [1.54, 1.807) is 0 Å². The van der Waals surface area contributed by atoms with Crippen LogP contribution >= 0.6 is 0 Å². The number of carbonyl (C=O) groups is 1. The van der Waals surface area contributed by atoms with Crippen LogP contribution in [0, 0.1) is 0 Å². The summed E-state index contributed by atoms with van der Waals surface area (Å²) in [4.78, 5) is 12.3. The SMILES string of the molecule is O=C1CCCCCC12OC21CCCCCCC1. The van der Waals surface area contributed by atoms with Gasteiger partial charge in [0.15, 0.2) is 11.4 Å². The Kier molecular flexibility index (Phi) is 3.02. The molecule has 3 aliphatic rings. The topological polar surface area (TPSA) is 29.6 Å². The molecule has 1 aliphatic heterocycles. The first-order valence-corrected chi connectivity index (χ1v) is 7.53. The van der Waals surface area contributed by atoms with Crippen molar-refractivity contribution in [1.29, 1.82) is 0 Å². The van der Waals surface area contributed by atoms with Crippen LogP contribution in [0.15, 0.2) is 0 Å². The van der Waals surface area contributed by atoms with Gasteiger partial charge in [0.05, 0.1) is 0 Å². The number of fused-ring (bicyclic) bond motifs is 1. The number of carbonyl (C=O) groups excluding carboxylic acids is 1. The first-order chi connectivity index (χ1) is 8.29. The monoisotopic (exact) mass is 236 g/mol. The Balaban J connectivity index is 1.77. The summed E-state index contributed by atoms with van der Waals surface area (Å²) in [6, 6.07) is 0. The van der Waals surface area contributed by atoms with Gasteiger partial charge in [0.1, 0.15) is 5.60 Å². The second kappa shape index (κ2) is 4.38. The van der Waals surface area contributed by atoms with Crippen LogP contribution in [0.4, 0.5) is 0 Å². The number of ketones is 1. The minimum Gasteiger partial charge on any atom is -0.354 e. The molecule has 0 bridgehead atoms. The third-order valence-electron chi connectivity index (χ3n) is 5.11. The summed E-state index contributed by atoms with van der Waals surface area (Å²) in [6.07, 6.45) is 14.1. The van der Waals surface area contributed by atoms with Crippen LogP contribution < -0.4 is 0 Å². The van der Waals surface area contributed by atoms with Gasteiger partial charge < -0.3 is 4.74 Å². The number of rotatable bonds is 0. The lowest BCUT2D eigenvalue weighted by Gasteiger charge is -2.20. The zero-order valence-electron chi connectivity index (χ0n) is 10.8. The highest BCUT2D eigenvalue weighted by Crippen LogP contribution is 2.59. The molecule has 17 heavy (non-hydrogen) atoms. The van der Waals surface area contributed by atoms with Crippen LogP contribution in [0.3, 0.4) is 0 Å². The molecule has 3 fully saturated rings. The molecule has 96 valence electrons. The summed E-state index contributed by atoms with van der Waals surface area (Å²) in [5.74, 6) is 0.426. The maximum atomic E-state index is 12.3. The molecule has 1 heterocycles. The van der Waals surface area contributed by atoms with Gasteiger partial charge >= 0.3 is 0 Å². The van der Waals surface area contributed by atoms with Crippen LogP contribution in [0.2, 0.25) is 0 Å². The minimum atomic E-state index is -0.319. The van der Waals surface area contributed by atoms with E-state index in [9.17, 15) is 4.79 Å². The highest BCUT2D eigenvalue weighted by Gasteiger charge is 2.71. The van der Waals surface area contributed by atoms with E-state index >= 15 is 0 Å². The highest BCUT2D eigenvalue weighted by molar-refractivity contribution is 5.92. The van der Waals surface area contributed by atoms with Gasteiger partial charge in [-0.1, -0.05) is 38.5 Å². The molecule has 0 aromatic rings. The quantitative estimate of drug-likeness (QED) is 0.599. The van der Waals surface area contributed by atoms with Gasteiger partial charge in [-0.2, -0.15) is 0 Å². The van der Waals surface area contributed by atoms with E-state index in [0.29, 0.717) is 5.78 Å². The van der Waals surface area contributed by atoms with Crippen LogP contribution in [-0.4, -0.2) is 17.0 Å². The Morgan fingerprint density at radius 1 is 0.765 bits per heavy atom. The van der Waals surface area contributed by atoms with Crippen molar-refractivity contribution in [2.45, 2.75) is 88.3 Å². The van der Waals surface area contributed by atoms with Crippen molar-refractivity contribution in [1.82, 2.24) is 0 Å². The zero-order valence-corrected chi connectivity index (χ0v) is 10.8. The van der Waals surface area contributed by atoms with E-state index in [2.05, 4.69) is 0 Å². The molecule has 2 aliphatic carbocycles. The fraction of sp³-hybridized carbons (Fsp3) is 0.933. The van der Waals surface area contributed by atoms with E-state index in [4.69, 9.17) is 4.74 Å². The Hall–Kier alpha value is -0.370. The largest absolute Gasteiger partial charge is 0.354 e. The van der Waals surface area contributed by atoms with Gasteiger partial charge in [0.2, 0.25) is 0 Å². The van der Waals surface area contributed by atoms with Gasteiger partial charge in [0.25, 0.3) is 0 Å². The molecule has 2 saturated carbocycles.